The Morgan fingerprint density at radius 2 is 1.93 bits per heavy atom. The molecule has 2 aromatic rings. The minimum atomic E-state index is -3.62. The van der Waals surface area contributed by atoms with Crippen molar-refractivity contribution in [2.75, 3.05) is 26.3 Å². The summed E-state index contributed by atoms with van der Waals surface area (Å²) in [6.45, 7) is 3.53. The van der Waals surface area contributed by atoms with Crippen molar-refractivity contribution < 1.29 is 22.7 Å². The van der Waals surface area contributed by atoms with Crippen molar-refractivity contribution in [3.8, 4) is 11.5 Å². The first kappa shape index (κ1) is 19.3. The summed E-state index contributed by atoms with van der Waals surface area (Å²) >= 11 is 0. The zero-order chi connectivity index (χ0) is 20.4. The number of nitrogens with one attached hydrogen (secondary N) is 1. The highest BCUT2D eigenvalue weighted by molar-refractivity contribution is 7.90. The summed E-state index contributed by atoms with van der Waals surface area (Å²) in [7, 11) is -3.62. The lowest BCUT2D eigenvalue weighted by molar-refractivity contribution is -0.130. The quantitative estimate of drug-likeness (QED) is 0.799. The second kappa shape index (κ2) is 7.75. The van der Waals surface area contributed by atoms with Gasteiger partial charge < -0.3 is 14.4 Å². The number of hydrogen-bond acceptors (Lipinski definition) is 6. The van der Waals surface area contributed by atoms with Gasteiger partial charge in [0.15, 0.2) is 11.5 Å². The molecule has 29 heavy (non-hydrogen) atoms. The molecule has 2 aliphatic rings. The van der Waals surface area contributed by atoms with Crippen molar-refractivity contribution in [1.29, 1.82) is 0 Å². The summed E-state index contributed by atoms with van der Waals surface area (Å²) in [4.78, 5) is 18.8. The van der Waals surface area contributed by atoms with Crippen LogP contribution in [0.5, 0.6) is 11.5 Å². The number of ether oxygens (including phenoxy) is 2. The van der Waals surface area contributed by atoms with Gasteiger partial charge in [0.25, 0.3) is 10.0 Å². The second-order valence-corrected chi connectivity index (χ2v) is 8.27. The molecular weight excluding hydrogens is 394 g/mol. The maximum absolute atomic E-state index is 12.7. The third kappa shape index (κ3) is 3.77. The van der Waals surface area contributed by atoms with Crippen LogP contribution in [0.4, 0.5) is 0 Å². The summed E-state index contributed by atoms with van der Waals surface area (Å²) in [6, 6.07) is 12.2. The van der Waals surface area contributed by atoms with Crippen LogP contribution in [-0.2, 0) is 21.4 Å². The number of sulfonamides is 1. The Labute approximate surface area is 169 Å². The van der Waals surface area contributed by atoms with E-state index in [0.717, 1.165) is 5.56 Å². The third-order valence-electron chi connectivity index (χ3n) is 4.78. The molecule has 0 saturated heterocycles. The van der Waals surface area contributed by atoms with Gasteiger partial charge in [0.1, 0.15) is 25.6 Å². The van der Waals surface area contributed by atoms with Crippen molar-refractivity contribution in [1.82, 2.24) is 9.62 Å². The van der Waals surface area contributed by atoms with Crippen LogP contribution < -0.4 is 14.2 Å². The number of hydrogen-bond donors (Lipinski definition) is 1. The maximum Gasteiger partial charge on any atom is 0.263 e. The molecule has 0 unspecified atom stereocenters. The van der Waals surface area contributed by atoms with E-state index in [1.54, 1.807) is 23.1 Å². The first-order valence-electron chi connectivity index (χ1n) is 9.31. The Morgan fingerprint density at radius 3 is 2.76 bits per heavy atom. The predicted molar refractivity (Wildman–Crippen MR) is 107 cm³/mol. The fourth-order valence-corrected chi connectivity index (χ4v) is 4.59. The number of fused-ring (bicyclic) bond motifs is 2. The standard InChI is InChI=1S/C20H21N3O5S/c1-2-23(13-14-6-5-8-16-19(14)28-11-10-27-16)18(24)12-21-20-15-7-3-4-9-17(15)29(25,26)22-20/h3-9H,2,10-13H2,1H3,(H,21,22). The minimum absolute atomic E-state index is 0.160. The Balaban J connectivity index is 1.50. The summed E-state index contributed by atoms with van der Waals surface area (Å²) < 4.78 is 38.0. The lowest BCUT2D eigenvalue weighted by Crippen LogP contribution is -2.33. The normalized spacial score (nSPS) is 17.5. The zero-order valence-corrected chi connectivity index (χ0v) is 16.7. The summed E-state index contributed by atoms with van der Waals surface area (Å²) in [5.41, 5.74) is 1.34. The average Bonchev–Trinajstić information content (AvgIpc) is 3.01. The number of likely N-dealkylation sites (N-methyl/N-ethyl adjacent to an activating group) is 1. The molecule has 2 aliphatic heterocycles. The average molecular weight is 415 g/mol. The van der Waals surface area contributed by atoms with E-state index >= 15 is 0 Å². The van der Waals surface area contributed by atoms with Gasteiger partial charge in [-0.05, 0) is 25.1 Å². The number of nitrogens with zero attached hydrogens (tertiary/aromatic N) is 2. The van der Waals surface area contributed by atoms with Crippen LogP contribution in [0.2, 0.25) is 0 Å². The molecule has 0 aromatic heterocycles. The van der Waals surface area contributed by atoms with Crippen molar-refractivity contribution in [3.63, 3.8) is 0 Å². The number of aliphatic imine (C=N–C) groups is 1. The van der Waals surface area contributed by atoms with Gasteiger partial charge in [-0.15, -0.1) is 0 Å². The number of carbonyl (C=O) groups excluding carboxylic acids is 1. The van der Waals surface area contributed by atoms with Crippen LogP contribution in [-0.4, -0.2) is 51.4 Å². The summed E-state index contributed by atoms with van der Waals surface area (Å²) in [5.74, 6) is 1.32. The topological polar surface area (TPSA) is 97.3 Å². The smallest absolute Gasteiger partial charge is 0.263 e. The minimum Gasteiger partial charge on any atom is -0.486 e. The molecule has 2 heterocycles. The highest BCUT2D eigenvalue weighted by atomic mass is 32.2. The van der Waals surface area contributed by atoms with Crippen molar-refractivity contribution in [3.05, 3.63) is 53.6 Å². The van der Waals surface area contributed by atoms with E-state index in [-0.39, 0.29) is 23.2 Å². The summed E-state index contributed by atoms with van der Waals surface area (Å²) in [6.07, 6.45) is 0. The van der Waals surface area contributed by atoms with Gasteiger partial charge in [-0.1, -0.05) is 24.3 Å². The van der Waals surface area contributed by atoms with Gasteiger partial charge >= 0.3 is 0 Å². The van der Waals surface area contributed by atoms with Gasteiger partial charge in [0, 0.05) is 24.2 Å². The van der Waals surface area contributed by atoms with Crippen LogP contribution >= 0.6 is 0 Å². The maximum atomic E-state index is 12.7. The first-order valence-corrected chi connectivity index (χ1v) is 10.8. The van der Waals surface area contributed by atoms with Crippen LogP contribution in [0.25, 0.3) is 0 Å². The first-order chi connectivity index (χ1) is 14.0. The van der Waals surface area contributed by atoms with E-state index in [0.29, 0.717) is 43.4 Å². The lowest BCUT2D eigenvalue weighted by atomic mass is 10.1. The number of para-hydroxylation sites is 1. The van der Waals surface area contributed by atoms with Gasteiger partial charge in [-0.3, -0.25) is 14.5 Å². The molecule has 0 spiro atoms. The Kier molecular flexibility index (Phi) is 5.14. The monoisotopic (exact) mass is 415 g/mol. The predicted octanol–water partition coefficient (Wildman–Crippen LogP) is 1.54. The highest BCUT2D eigenvalue weighted by Crippen LogP contribution is 2.34. The number of benzene rings is 2. The fourth-order valence-electron chi connectivity index (χ4n) is 3.34. The van der Waals surface area contributed by atoms with Crippen molar-refractivity contribution in [2.45, 2.75) is 18.4 Å². The highest BCUT2D eigenvalue weighted by Gasteiger charge is 2.30. The SMILES string of the molecule is CCN(Cc1cccc2c1OCCO2)C(=O)CN=C1NS(=O)(=O)c2ccccc21. The molecule has 8 nitrogen and oxygen atoms in total. The third-order valence-corrected chi connectivity index (χ3v) is 6.18. The van der Waals surface area contributed by atoms with Crippen molar-refractivity contribution in [2.24, 2.45) is 4.99 Å². The van der Waals surface area contributed by atoms with Crippen LogP contribution in [0.1, 0.15) is 18.1 Å². The molecule has 9 heteroatoms. The Bertz CT molecular complexity index is 1080. The van der Waals surface area contributed by atoms with E-state index < -0.39 is 10.0 Å². The molecule has 0 saturated carbocycles. The number of amides is 1. The van der Waals surface area contributed by atoms with Gasteiger partial charge in [0.2, 0.25) is 5.91 Å². The van der Waals surface area contributed by atoms with Crippen molar-refractivity contribution >= 4 is 21.8 Å². The molecule has 0 aliphatic carbocycles. The van der Waals surface area contributed by atoms with Crippen LogP contribution in [0.15, 0.2) is 52.4 Å². The zero-order valence-electron chi connectivity index (χ0n) is 15.9. The van der Waals surface area contributed by atoms with Gasteiger partial charge in [-0.25, -0.2) is 8.42 Å². The number of amidine groups is 1. The van der Waals surface area contributed by atoms with E-state index in [2.05, 4.69) is 9.71 Å². The molecule has 0 fully saturated rings. The Morgan fingerprint density at radius 1 is 1.14 bits per heavy atom. The molecule has 152 valence electrons. The molecule has 0 atom stereocenters. The van der Waals surface area contributed by atoms with E-state index in [1.165, 1.54) is 6.07 Å². The molecule has 0 bridgehead atoms. The van der Waals surface area contributed by atoms with E-state index in [1.807, 2.05) is 25.1 Å². The molecule has 1 amide bonds. The van der Waals surface area contributed by atoms with E-state index in [4.69, 9.17) is 9.47 Å². The Hall–Kier alpha value is -3.07. The molecule has 0 radical (unpaired) electrons. The molecule has 4 rings (SSSR count). The largest absolute Gasteiger partial charge is 0.486 e. The van der Waals surface area contributed by atoms with Crippen LogP contribution in [0.3, 0.4) is 0 Å². The van der Waals surface area contributed by atoms with Gasteiger partial charge in [-0.2, -0.15) is 0 Å². The molecular formula is C20H21N3O5S. The molecule has 2 aromatic carbocycles. The summed E-state index contributed by atoms with van der Waals surface area (Å²) in [5, 5.41) is 0. The lowest BCUT2D eigenvalue weighted by Gasteiger charge is -2.25. The van der Waals surface area contributed by atoms with E-state index in [9.17, 15) is 13.2 Å². The second-order valence-electron chi connectivity index (χ2n) is 6.62. The number of carbonyl (C=O) groups is 1. The van der Waals surface area contributed by atoms with Crippen LogP contribution in [0, 0.1) is 0 Å². The fraction of sp³-hybridized carbons (Fsp3) is 0.300. The van der Waals surface area contributed by atoms with Gasteiger partial charge in [0.05, 0.1) is 4.90 Å². The molecule has 1 N–H and O–H groups in total. The number of rotatable bonds is 5.